The molecular formula is C6H3F4I. The molecule has 0 heterocycles. The molecule has 0 radical (unpaired) electrons. The summed E-state index contributed by atoms with van der Waals surface area (Å²) >= 11 is -4.29. The van der Waals surface area contributed by atoms with Gasteiger partial charge in [0.05, 0.1) is 0 Å². The molecule has 1 rings (SSSR count). The molecule has 0 aliphatic carbocycles. The van der Waals surface area contributed by atoms with Crippen molar-refractivity contribution in [1.29, 1.82) is 0 Å². The summed E-state index contributed by atoms with van der Waals surface area (Å²) in [7, 11) is 0. The van der Waals surface area contributed by atoms with E-state index < -0.39 is 36.2 Å². The van der Waals surface area contributed by atoms with Crippen LogP contribution < -0.4 is 0 Å². The van der Waals surface area contributed by atoms with Crippen LogP contribution in [0.3, 0.4) is 0 Å². The van der Waals surface area contributed by atoms with Crippen molar-refractivity contribution in [2.45, 2.75) is 0 Å². The third kappa shape index (κ3) is 2.05. The van der Waals surface area contributed by atoms with E-state index in [1.807, 2.05) is 0 Å². The minimum atomic E-state index is -4.29. The number of hydrogen-bond acceptors (Lipinski definition) is 0. The molecular weight excluding hydrogens is 275 g/mol. The first kappa shape index (κ1) is 8.76. The van der Waals surface area contributed by atoms with Crippen LogP contribution in [0.1, 0.15) is 0 Å². The van der Waals surface area contributed by atoms with Crippen LogP contribution in [0.15, 0.2) is 18.2 Å². The van der Waals surface area contributed by atoms with Crippen LogP contribution in [0.4, 0.5) is 14.5 Å². The topological polar surface area (TPSA) is 0 Å². The Balaban J connectivity index is 3.09. The van der Waals surface area contributed by atoms with Crippen LogP contribution in [0.25, 0.3) is 0 Å². The van der Waals surface area contributed by atoms with Crippen molar-refractivity contribution in [2.24, 2.45) is 0 Å². The Hall–Kier alpha value is -0.330. The van der Waals surface area contributed by atoms with Crippen molar-refractivity contribution >= 4 is 21.0 Å². The Labute approximate surface area is 69.2 Å². The van der Waals surface area contributed by atoms with Crippen molar-refractivity contribution in [3.05, 3.63) is 33.4 Å². The summed E-state index contributed by atoms with van der Waals surface area (Å²) in [5.74, 6) is -1.97. The van der Waals surface area contributed by atoms with Gasteiger partial charge >= 0.3 is 68.9 Å². The number of benzene rings is 1. The van der Waals surface area contributed by atoms with Crippen molar-refractivity contribution in [3.8, 4) is 0 Å². The van der Waals surface area contributed by atoms with E-state index in [4.69, 9.17) is 0 Å². The molecule has 1 aromatic rings. The average molecular weight is 278 g/mol. The molecule has 0 aromatic heterocycles. The maximum absolute atomic E-state index is 12.4. The minimum absolute atomic E-state index is 0.471. The van der Waals surface area contributed by atoms with Gasteiger partial charge in [0, 0.05) is 0 Å². The van der Waals surface area contributed by atoms with E-state index >= 15 is 0 Å². The molecule has 1 aromatic carbocycles. The van der Waals surface area contributed by atoms with Crippen LogP contribution in [0.2, 0.25) is 0 Å². The number of halogens is 5. The fourth-order valence-corrected chi connectivity index (χ4v) is 1.58. The fourth-order valence-electron chi connectivity index (χ4n) is 0.586. The summed E-state index contributed by atoms with van der Waals surface area (Å²) in [6, 6.07) is 2.11. The Bertz CT molecular complexity index is 261. The van der Waals surface area contributed by atoms with E-state index in [0.29, 0.717) is 6.07 Å². The second-order valence-corrected chi connectivity index (χ2v) is 4.04. The van der Waals surface area contributed by atoms with Gasteiger partial charge in [-0.25, -0.2) is 0 Å². The van der Waals surface area contributed by atoms with Gasteiger partial charge in [-0.05, 0) is 0 Å². The van der Waals surface area contributed by atoms with Gasteiger partial charge < -0.3 is 0 Å². The Morgan fingerprint density at radius 3 is 2.18 bits per heavy atom. The number of hydrogen-bond donors (Lipinski definition) is 0. The molecule has 0 aliphatic heterocycles. The van der Waals surface area contributed by atoms with Crippen LogP contribution in [0.5, 0.6) is 0 Å². The zero-order valence-corrected chi connectivity index (χ0v) is 7.28. The third-order valence-electron chi connectivity index (χ3n) is 1.04. The normalized spacial score (nSPS) is 11.5. The van der Waals surface area contributed by atoms with Gasteiger partial charge in [0.25, 0.3) is 0 Å². The molecule has 0 spiro atoms. The van der Waals surface area contributed by atoms with E-state index in [9.17, 15) is 14.5 Å². The quantitative estimate of drug-likeness (QED) is 0.419. The zero-order valence-electron chi connectivity index (χ0n) is 5.12. The van der Waals surface area contributed by atoms with Crippen LogP contribution in [0, 0.1) is 15.2 Å². The van der Waals surface area contributed by atoms with Gasteiger partial charge in [-0.1, -0.05) is 0 Å². The van der Waals surface area contributed by atoms with E-state index in [0.717, 1.165) is 12.1 Å². The summed E-state index contributed by atoms with van der Waals surface area (Å²) in [5, 5.41) is 0. The summed E-state index contributed by atoms with van der Waals surface area (Å²) in [6.45, 7) is 0. The second kappa shape index (κ2) is 3.38. The van der Waals surface area contributed by atoms with Gasteiger partial charge in [0.1, 0.15) is 0 Å². The first-order valence-electron chi connectivity index (χ1n) is 2.59. The molecule has 0 nitrogen and oxygen atoms in total. The molecule has 0 saturated heterocycles. The van der Waals surface area contributed by atoms with E-state index in [1.165, 1.54) is 0 Å². The molecule has 0 atom stereocenters. The molecule has 0 aliphatic rings. The van der Waals surface area contributed by atoms with Crippen LogP contribution in [-0.4, -0.2) is 0 Å². The monoisotopic (exact) mass is 278 g/mol. The van der Waals surface area contributed by atoms with E-state index in [1.54, 1.807) is 0 Å². The van der Waals surface area contributed by atoms with Gasteiger partial charge in [0.2, 0.25) is 0 Å². The zero-order chi connectivity index (χ0) is 8.43. The van der Waals surface area contributed by atoms with Crippen molar-refractivity contribution in [1.82, 2.24) is 0 Å². The molecule has 0 fully saturated rings. The standard InChI is InChI=1S/C6H3F4I/c7-4-1-2-6(11(9)10)5(8)3-4/h1-3H. The molecule has 5 heteroatoms. The van der Waals surface area contributed by atoms with Gasteiger partial charge in [-0.2, -0.15) is 0 Å². The van der Waals surface area contributed by atoms with Gasteiger partial charge in [0.15, 0.2) is 0 Å². The number of rotatable bonds is 1. The van der Waals surface area contributed by atoms with Crippen LogP contribution >= 0.6 is 21.0 Å². The SMILES string of the molecule is Fc1ccc(I(F)F)c(F)c1. The summed E-state index contributed by atoms with van der Waals surface area (Å²) in [4.78, 5) is 0. The first-order valence-corrected chi connectivity index (χ1v) is 5.30. The van der Waals surface area contributed by atoms with Crippen molar-refractivity contribution < 1.29 is 14.5 Å². The predicted molar refractivity (Wildman–Crippen MR) is 41.3 cm³/mol. The Morgan fingerprint density at radius 1 is 1.09 bits per heavy atom. The molecule has 0 N–H and O–H groups in total. The molecule has 11 heavy (non-hydrogen) atoms. The van der Waals surface area contributed by atoms with Crippen molar-refractivity contribution in [3.63, 3.8) is 0 Å². The van der Waals surface area contributed by atoms with Crippen molar-refractivity contribution in [2.75, 3.05) is 0 Å². The third-order valence-corrected chi connectivity index (χ3v) is 2.79. The second-order valence-electron chi connectivity index (χ2n) is 1.76. The fraction of sp³-hybridized carbons (Fsp3) is 0. The van der Waals surface area contributed by atoms with E-state index in [2.05, 4.69) is 0 Å². The van der Waals surface area contributed by atoms with Gasteiger partial charge in [-0.3, -0.25) is 0 Å². The molecule has 62 valence electrons. The summed E-state index contributed by atoms with van der Waals surface area (Å²) < 4.78 is 47.9. The van der Waals surface area contributed by atoms with E-state index in [-0.39, 0.29) is 0 Å². The van der Waals surface area contributed by atoms with Gasteiger partial charge in [-0.15, -0.1) is 0 Å². The average Bonchev–Trinajstić information content (AvgIpc) is 1.85. The summed E-state index contributed by atoms with van der Waals surface area (Å²) in [6.07, 6.45) is 0. The molecule has 0 saturated carbocycles. The Morgan fingerprint density at radius 2 is 1.73 bits per heavy atom. The molecule has 0 bridgehead atoms. The summed E-state index contributed by atoms with van der Waals surface area (Å²) in [5.41, 5.74) is 0. The van der Waals surface area contributed by atoms with Crippen LogP contribution in [-0.2, 0) is 0 Å². The molecule has 0 unspecified atom stereocenters. The maximum atomic E-state index is 12.4. The predicted octanol–water partition coefficient (Wildman–Crippen LogP) is 3.41. The molecule has 0 amide bonds. The Kier molecular flexibility index (Phi) is 2.69. The first-order chi connectivity index (χ1) is 5.11.